The van der Waals surface area contributed by atoms with Crippen molar-refractivity contribution in [3.8, 4) is 0 Å². The number of alkyl halides is 3. The molecule has 0 radical (unpaired) electrons. The molecule has 1 aliphatic carbocycles. The molecule has 138 valence electrons. The lowest BCUT2D eigenvalue weighted by Crippen LogP contribution is -2.65. The van der Waals surface area contributed by atoms with E-state index in [0.717, 1.165) is 19.4 Å². The van der Waals surface area contributed by atoms with E-state index in [1.54, 1.807) is 0 Å². The Kier molecular flexibility index (Phi) is 4.86. The molecule has 2 aliphatic heterocycles. The average molecular weight is 349 g/mol. The smallest absolute Gasteiger partial charge is 0.401 e. The van der Waals surface area contributed by atoms with Crippen LogP contribution in [0.2, 0.25) is 0 Å². The van der Waals surface area contributed by atoms with Crippen molar-refractivity contribution < 1.29 is 27.4 Å². The van der Waals surface area contributed by atoms with Gasteiger partial charge in [-0.1, -0.05) is 13.8 Å². The first-order valence-electron chi connectivity index (χ1n) is 8.79. The Morgan fingerprint density at radius 2 is 1.92 bits per heavy atom. The van der Waals surface area contributed by atoms with E-state index in [2.05, 4.69) is 13.8 Å². The quantitative estimate of drug-likeness (QED) is 0.734. The summed E-state index contributed by atoms with van der Waals surface area (Å²) in [6.07, 6.45) is -1.29. The number of carbonyl (C=O) groups is 1. The van der Waals surface area contributed by atoms with Gasteiger partial charge in [0.25, 0.3) is 0 Å². The highest BCUT2D eigenvalue weighted by molar-refractivity contribution is 5.73. The van der Waals surface area contributed by atoms with Crippen LogP contribution in [-0.4, -0.2) is 55.5 Å². The third-order valence-electron chi connectivity index (χ3n) is 5.79. The molecule has 3 rings (SSSR count). The number of rotatable bonds is 3. The molecular weight excluding hydrogens is 323 g/mol. The predicted molar refractivity (Wildman–Crippen MR) is 81.3 cm³/mol. The van der Waals surface area contributed by atoms with Crippen LogP contribution < -0.4 is 0 Å². The minimum Gasteiger partial charge on any atom is -0.461 e. The van der Waals surface area contributed by atoms with Gasteiger partial charge >= 0.3 is 12.1 Å². The summed E-state index contributed by atoms with van der Waals surface area (Å²) >= 11 is 0. The molecule has 3 atom stereocenters. The monoisotopic (exact) mass is 349 g/mol. The Labute approximate surface area is 140 Å². The van der Waals surface area contributed by atoms with E-state index in [1.165, 1.54) is 4.90 Å². The highest BCUT2D eigenvalue weighted by atomic mass is 19.4. The molecule has 0 aromatic heterocycles. The van der Waals surface area contributed by atoms with Gasteiger partial charge in [-0.25, -0.2) is 0 Å². The first-order chi connectivity index (χ1) is 11.2. The Balaban J connectivity index is 1.50. The number of hydrogen-bond donors (Lipinski definition) is 0. The van der Waals surface area contributed by atoms with E-state index in [4.69, 9.17) is 9.47 Å². The Hall–Kier alpha value is -0.820. The second-order valence-corrected chi connectivity index (χ2v) is 7.94. The number of ether oxygens (including phenoxy) is 2. The Morgan fingerprint density at radius 3 is 2.54 bits per heavy atom. The van der Waals surface area contributed by atoms with E-state index >= 15 is 0 Å². The molecule has 0 bridgehead atoms. The van der Waals surface area contributed by atoms with Gasteiger partial charge in [-0.05, 0) is 38.8 Å². The van der Waals surface area contributed by atoms with Crippen LogP contribution in [0.4, 0.5) is 13.2 Å². The van der Waals surface area contributed by atoms with Crippen LogP contribution in [0.25, 0.3) is 0 Å². The van der Waals surface area contributed by atoms with E-state index in [0.29, 0.717) is 25.9 Å². The van der Waals surface area contributed by atoms with Crippen molar-refractivity contribution in [1.29, 1.82) is 0 Å². The van der Waals surface area contributed by atoms with Crippen LogP contribution in [0.1, 0.15) is 39.5 Å². The van der Waals surface area contributed by atoms with Crippen molar-refractivity contribution in [3.63, 3.8) is 0 Å². The van der Waals surface area contributed by atoms with Gasteiger partial charge in [0, 0.05) is 17.9 Å². The van der Waals surface area contributed by atoms with Crippen LogP contribution in [0.3, 0.4) is 0 Å². The molecule has 7 heteroatoms. The summed E-state index contributed by atoms with van der Waals surface area (Å²) < 4.78 is 48.9. The number of carbonyl (C=O) groups excluding carboxylic acids is 1. The molecule has 2 heterocycles. The fourth-order valence-electron chi connectivity index (χ4n) is 4.52. The zero-order chi connectivity index (χ0) is 17.5. The molecule has 2 saturated heterocycles. The molecule has 0 spiro atoms. The van der Waals surface area contributed by atoms with Gasteiger partial charge in [-0.3, -0.25) is 9.69 Å². The van der Waals surface area contributed by atoms with Crippen LogP contribution in [0.15, 0.2) is 0 Å². The summed E-state index contributed by atoms with van der Waals surface area (Å²) in [6, 6.07) is 0. The highest BCUT2D eigenvalue weighted by Gasteiger charge is 2.60. The van der Waals surface area contributed by atoms with Crippen LogP contribution in [0.5, 0.6) is 0 Å². The number of halogens is 3. The average Bonchev–Trinajstić information content (AvgIpc) is 2.51. The van der Waals surface area contributed by atoms with Crippen LogP contribution >= 0.6 is 0 Å². The first-order valence-corrected chi connectivity index (χ1v) is 8.79. The summed E-state index contributed by atoms with van der Waals surface area (Å²) in [7, 11) is 0. The lowest BCUT2D eigenvalue weighted by molar-refractivity contribution is -0.256. The third-order valence-corrected chi connectivity index (χ3v) is 5.79. The van der Waals surface area contributed by atoms with Gasteiger partial charge in [0.05, 0.1) is 18.6 Å². The molecule has 3 aliphatic rings. The first kappa shape index (κ1) is 18.0. The van der Waals surface area contributed by atoms with E-state index in [9.17, 15) is 18.0 Å². The minimum absolute atomic E-state index is 0.136. The van der Waals surface area contributed by atoms with Crippen LogP contribution in [-0.2, 0) is 14.3 Å². The fourth-order valence-corrected chi connectivity index (χ4v) is 4.52. The standard InChI is InChI=1S/C17H26F3NO3/c1-16(2)13-12(4-3-9-23-13)14(16)24-15(22)11-5-7-21(8-6-11)10-17(18,19)20/h11-14H,3-10H2,1-2H3/t12-,13-,14-/m1/s1. The Morgan fingerprint density at radius 1 is 1.25 bits per heavy atom. The maximum atomic E-state index is 12.5. The molecule has 0 unspecified atom stereocenters. The van der Waals surface area contributed by atoms with Gasteiger partial charge in [0.2, 0.25) is 0 Å². The second kappa shape index (κ2) is 6.48. The molecule has 1 saturated carbocycles. The van der Waals surface area contributed by atoms with Gasteiger partial charge in [-0.2, -0.15) is 13.2 Å². The van der Waals surface area contributed by atoms with Gasteiger partial charge in [0.15, 0.2) is 0 Å². The zero-order valence-electron chi connectivity index (χ0n) is 14.3. The van der Waals surface area contributed by atoms with E-state index in [1.807, 2.05) is 0 Å². The molecule has 0 aromatic rings. The number of nitrogens with zero attached hydrogens (tertiary/aromatic N) is 1. The van der Waals surface area contributed by atoms with Crippen molar-refractivity contribution in [2.45, 2.75) is 57.9 Å². The summed E-state index contributed by atoms with van der Waals surface area (Å²) in [5.74, 6) is -0.263. The summed E-state index contributed by atoms with van der Waals surface area (Å²) in [6.45, 7) is 4.58. The molecular formula is C17H26F3NO3. The molecule has 0 N–H and O–H groups in total. The highest BCUT2D eigenvalue weighted by Crippen LogP contribution is 2.53. The van der Waals surface area contributed by atoms with Crippen molar-refractivity contribution in [1.82, 2.24) is 4.90 Å². The largest absolute Gasteiger partial charge is 0.461 e. The molecule has 0 aromatic carbocycles. The number of piperidine rings is 1. The fraction of sp³-hybridized carbons (Fsp3) is 0.941. The normalized spacial score (nSPS) is 34.3. The summed E-state index contributed by atoms with van der Waals surface area (Å²) in [5.41, 5.74) is -0.183. The van der Waals surface area contributed by atoms with E-state index < -0.39 is 12.7 Å². The number of fused-ring (bicyclic) bond motifs is 1. The lowest BCUT2D eigenvalue weighted by atomic mass is 9.56. The van der Waals surface area contributed by atoms with Gasteiger partial charge in [-0.15, -0.1) is 0 Å². The molecule has 3 fully saturated rings. The topological polar surface area (TPSA) is 38.8 Å². The SMILES string of the molecule is CC1(C)[C@@H]2OCCC[C@H]2[C@H]1OC(=O)C1CCN(CC(F)(F)F)CC1. The second-order valence-electron chi connectivity index (χ2n) is 7.94. The molecule has 4 nitrogen and oxygen atoms in total. The lowest BCUT2D eigenvalue weighted by Gasteiger charge is -2.58. The maximum absolute atomic E-state index is 12.5. The summed E-state index contributed by atoms with van der Waals surface area (Å²) in [5, 5.41) is 0. The Bertz CT molecular complexity index is 472. The van der Waals surface area contributed by atoms with Gasteiger partial charge < -0.3 is 9.47 Å². The van der Waals surface area contributed by atoms with Crippen molar-refractivity contribution in [2.75, 3.05) is 26.2 Å². The minimum atomic E-state index is -4.18. The number of esters is 1. The maximum Gasteiger partial charge on any atom is 0.401 e. The van der Waals surface area contributed by atoms with Crippen molar-refractivity contribution in [2.24, 2.45) is 17.3 Å². The predicted octanol–water partition coefficient (Wildman–Crippen LogP) is 3.01. The molecule has 0 amide bonds. The van der Waals surface area contributed by atoms with E-state index in [-0.39, 0.29) is 35.4 Å². The number of hydrogen-bond acceptors (Lipinski definition) is 4. The van der Waals surface area contributed by atoms with Crippen molar-refractivity contribution >= 4 is 5.97 Å². The zero-order valence-corrected chi connectivity index (χ0v) is 14.3. The number of likely N-dealkylation sites (tertiary alicyclic amines) is 1. The molecule has 24 heavy (non-hydrogen) atoms. The van der Waals surface area contributed by atoms with Crippen LogP contribution in [0, 0.1) is 17.3 Å². The third kappa shape index (κ3) is 3.57. The van der Waals surface area contributed by atoms with Crippen molar-refractivity contribution in [3.05, 3.63) is 0 Å². The summed E-state index contributed by atoms with van der Waals surface area (Å²) in [4.78, 5) is 13.8. The van der Waals surface area contributed by atoms with Gasteiger partial charge in [0.1, 0.15) is 6.10 Å².